The van der Waals surface area contributed by atoms with Crippen LogP contribution in [0.25, 0.3) is 10.9 Å². The Balaban J connectivity index is 2.18. The molecule has 0 aliphatic rings. The fourth-order valence-electron chi connectivity index (χ4n) is 2.47. The topological polar surface area (TPSA) is 55.9 Å². The molecule has 1 aromatic heterocycles. The van der Waals surface area contributed by atoms with E-state index in [1.165, 1.54) is 0 Å². The Kier molecular flexibility index (Phi) is 5.07. The van der Waals surface area contributed by atoms with Gasteiger partial charge >= 0.3 is 0 Å². The zero-order valence-electron chi connectivity index (χ0n) is 11.6. The van der Waals surface area contributed by atoms with Crippen LogP contribution in [-0.2, 0) is 4.79 Å². The maximum Gasteiger partial charge on any atom is 0.0456 e. The van der Waals surface area contributed by atoms with E-state index in [4.69, 9.17) is 11.6 Å². The second-order valence-electron chi connectivity index (χ2n) is 5.17. The summed E-state index contributed by atoms with van der Waals surface area (Å²) in [6, 6.07) is 9.97. The third-order valence-corrected chi connectivity index (χ3v) is 4.20. The van der Waals surface area contributed by atoms with Crippen molar-refractivity contribution in [3.05, 3.63) is 36.0 Å². The standard InChI is InChI=1S/C16H20ClNO2/c1-2-13(17)8-7-12(10-16(19)20)15-9-11-5-3-4-6-14(11)18-15/h3-6,9,12-13,18H,2,7-8,10H2,1H3,(H,19,20)/p-1. The number of nitrogens with one attached hydrogen (secondary N) is 1. The van der Waals surface area contributed by atoms with E-state index in [-0.39, 0.29) is 17.7 Å². The summed E-state index contributed by atoms with van der Waals surface area (Å²) in [6.45, 7) is 2.04. The van der Waals surface area contributed by atoms with E-state index in [1.54, 1.807) is 0 Å². The summed E-state index contributed by atoms with van der Waals surface area (Å²) in [5.41, 5.74) is 1.99. The first-order valence-electron chi connectivity index (χ1n) is 7.01. The summed E-state index contributed by atoms with van der Waals surface area (Å²) in [5, 5.41) is 12.2. The van der Waals surface area contributed by atoms with Gasteiger partial charge in [-0.2, -0.15) is 0 Å². The van der Waals surface area contributed by atoms with Crippen molar-refractivity contribution in [1.29, 1.82) is 0 Å². The lowest BCUT2D eigenvalue weighted by molar-refractivity contribution is -0.306. The molecule has 2 atom stereocenters. The number of aromatic nitrogens is 1. The minimum absolute atomic E-state index is 0.0279. The number of rotatable bonds is 7. The average molecular weight is 293 g/mol. The normalized spacial score (nSPS) is 14.3. The highest BCUT2D eigenvalue weighted by Crippen LogP contribution is 2.29. The first-order valence-corrected chi connectivity index (χ1v) is 7.45. The highest BCUT2D eigenvalue weighted by atomic mass is 35.5. The number of halogens is 1. The molecule has 3 nitrogen and oxygen atoms in total. The van der Waals surface area contributed by atoms with Crippen molar-refractivity contribution < 1.29 is 9.90 Å². The van der Waals surface area contributed by atoms with Crippen LogP contribution in [0.5, 0.6) is 0 Å². The van der Waals surface area contributed by atoms with Gasteiger partial charge < -0.3 is 14.9 Å². The van der Waals surface area contributed by atoms with Gasteiger partial charge in [-0.15, -0.1) is 11.6 Å². The Morgan fingerprint density at radius 3 is 2.75 bits per heavy atom. The summed E-state index contributed by atoms with van der Waals surface area (Å²) in [7, 11) is 0. The van der Waals surface area contributed by atoms with E-state index >= 15 is 0 Å². The highest BCUT2D eigenvalue weighted by Gasteiger charge is 2.16. The van der Waals surface area contributed by atoms with Crippen molar-refractivity contribution in [2.75, 3.05) is 0 Å². The first-order chi connectivity index (χ1) is 9.60. The Labute approximate surface area is 124 Å². The number of hydrogen-bond donors (Lipinski definition) is 1. The van der Waals surface area contributed by atoms with E-state index in [0.717, 1.165) is 35.9 Å². The van der Waals surface area contributed by atoms with Gasteiger partial charge in [0, 0.05) is 28.5 Å². The maximum absolute atomic E-state index is 11.0. The number of aliphatic carboxylic acids is 1. The minimum Gasteiger partial charge on any atom is -0.550 e. The fraction of sp³-hybridized carbons (Fsp3) is 0.438. The number of carboxylic acids is 1. The molecule has 0 fully saturated rings. The van der Waals surface area contributed by atoms with E-state index < -0.39 is 5.97 Å². The Morgan fingerprint density at radius 1 is 1.35 bits per heavy atom. The van der Waals surface area contributed by atoms with Crippen LogP contribution in [0.1, 0.15) is 44.2 Å². The minimum atomic E-state index is -1.02. The number of alkyl halides is 1. The molecule has 0 aliphatic heterocycles. The molecule has 0 bridgehead atoms. The van der Waals surface area contributed by atoms with Crippen LogP contribution < -0.4 is 5.11 Å². The Hall–Kier alpha value is -1.48. The lowest BCUT2D eigenvalue weighted by Gasteiger charge is -2.17. The number of H-pyrrole nitrogens is 1. The molecule has 2 unspecified atom stereocenters. The number of hydrogen-bond acceptors (Lipinski definition) is 2. The van der Waals surface area contributed by atoms with Crippen molar-refractivity contribution in [3.63, 3.8) is 0 Å². The summed E-state index contributed by atoms with van der Waals surface area (Å²) >= 11 is 6.14. The Bertz CT molecular complexity index is 546. The predicted molar refractivity (Wildman–Crippen MR) is 79.8 cm³/mol. The number of aromatic amines is 1. The van der Waals surface area contributed by atoms with Gasteiger partial charge in [-0.3, -0.25) is 0 Å². The van der Waals surface area contributed by atoms with Crippen LogP contribution in [0, 0.1) is 0 Å². The molecule has 4 heteroatoms. The molecule has 2 rings (SSSR count). The van der Waals surface area contributed by atoms with E-state index in [0.29, 0.717) is 0 Å². The largest absolute Gasteiger partial charge is 0.550 e. The molecule has 0 amide bonds. The summed E-state index contributed by atoms with van der Waals surface area (Å²) < 4.78 is 0. The van der Waals surface area contributed by atoms with E-state index in [2.05, 4.69) is 4.98 Å². The summed E-state index contributed by atoms with van der Waals surface area (Å²) in [4.78, 5) is 14.3. The molecule has 0 saturated carbocycles. The van der Waals surface area contributed by atoms with Crippen molar-refractivity contribution in [1.82, 2.24) is 4.98 Å². The van der Waals surface area contributed by atoms with Gasteiger partial charge in [0.15, 0.2) is 0 Å². The van der Waals surface area contributed by atoms with E-state index in [9.17, 15) is 9.90 Å². The molecule has 0 radical (unpaired) electrons. The second-order valence-corrected chi connectivity index (χ2v) is 5.79. The first kappa shape index (κ1) is 14.9. The fourth-order valence-corrected chi connectivity index (χ4v) is 2.60. The third-order valence-electron chi connectivity index (χ3n) is 3.68. The van der Waals surface area contributed by atoms with Crippen molar-refractivity contribution in [3.8, 4) is 0 Å². The van der Waals surface area contributed by atoms with Crippen LogP contribution >= 0.6 is 11.6 Å². The number of benzene rings is 1. The zero-order chi connectivity index (χ0) is 14.5. The molecule has 0 saturated heterocycles. The molecule has 0 spiro atoms. The lowest BCUT2D eigenvalue weighted by atomic mass is 9.94. The summed E-state index contributed by atoms with van der Waals surface area (Å²) in [6.07, 6.45) is 2.49. The molecule has 108 valence electrons. The van der Waals surface area contributed by atoms with Gasteiger partial charge in [0.25, 0.3) is 0 Å². The predicted octanol–water partition coefficient (Wildman–Crippen LogP) is 3.19. The third kappa shape index (κ3) is 3.76. The lowest BCUT2D eigenvalue weighted by Crippen LogP contribution is -2.25. The quantitative estimate of drug-likeness (QED) is 0.797. The maximum atomic E-state index is 11.0. The number of carboxylic acid groups (broad SMARTS) is 1. The SMILES string of the molecule is CCC(Cl)CCC(CC(=O)[O-])c1cc2ccccc2[nH]1. The van der Waals surface area contributed by atoms with Crippen molar-refractivity contribution in [2.24, 2.45) is 0 Å². The van der Waals surface area contributed by atoms with Gasteiger partial charge in [0.1, 0.15) is 0 Å². The van der Waals surface area contributed by atoms with Gasteiger partial charge in [0.05, 0.1) is 0 Å². The monoisotopic (exact) mass is 292 g/mol. The average Bonchev–Trinajstić information content (AvgIpc) is 2.86. The number of carbonyl (C=O) groups excluding carboxylic acids is 1. The number of fused-ring (bicyclic) bond motifs is 1. The molecular weight excluding hydrogens is 274 g/mol. The molecule has 20 heavy (non-hydrogen) atoms. The van der Waals surface area contributed by atoms with Crippen molar-refractivity contribution in [2.45, 2.75) is 43.9 Å². The van der Waals surface area contributed by atoms with Crippen LogP contribution in [-0.4, -0.2) is 16.3 Å². The van der Waals surface area contributed by atoms with Crippen LogP contribution in [0.4, 0.5) is 0 Å². The van der Waals surface area contributed by atoms with Gasteiger partial charge in [-0.05, 0) is 43.2 Å². The molecule has 1 N–H and O–H groups in total. The van der Waals surface area contributed by atoms with Crippen LogP contribution in [0.15, 0.2) is 30.3 Å². The highest BCUT2D eigenvalue weighted by molar-refractivity contribution is 6.20. The smallest absolute Gasteiger partial charge is 0.0456 e. The zero-order valence-corrected chi connectivity index (χ0v) is 12.3. The van der Waals surface area contributed by atoms with Crippen LogP contribution in [0.3, 0.4) is 0 Å². The molecule has 1 aromatic carbocycles. The second kappa shape index (κ2) is 6.80. The van der Waals surface area contributed by atoms with Crippen molar-refractivity contribution >= 4 is 28.5 Å². The molecule has 2 aromatic rings. The summed E-state index contributed by atoms with van der Waals surface area (Å²) in [5.74, 6) is -1.09. The van der Waals surface area contributed by atoms with Gasteiger partial charge in [-0.25, -0.2) is 0 Å². The van der Waals surface area contributed by atoms with E-state index in [1.807, 2.05) is 37.3 Å². The van der Waals surface area contributed by atoms with Crippen LogP contribution in [0.2, 0.25) is 0 Å². The Morgan fingerprint density at radius 2 is 2.10 bits per heavy atom. The number of carbonyl (C=O) groups is 1. The molecule has 1 heterocycles. The van der Waals surface area contributed by atoms with Gasteiger partial charge in [-0.1, -0.05) is 25.1 Å². The molecule has 0 aliphatic carbocycles. The number of para-hydroxylation sites is 1. The molecular formula is C16H19ClNO2-. The van der Waals surface area contributed by atoms with Gasteiger partial charge in [0.2, 0.25) is 0 Å².